The first-order valence-electron chi connectivity index (χ1n) is 9.08. The van der Waals surface area contributed by atoms with Gasteiger partial charge in [0, 0.05) is 12.0 Å². The zero-order valence-electron chi connectivity index (χ0n) is 15.4. The van der Waals surface area contributed by atoms with Gasteiger partial charge in [-0.05, 0) is 25.1 Å². The molecule has 2 heterocycles. The van der Waals surface area contributed by atoms with Gasteiger partial charge in [0.1, 0.15) is 11.8 Å². The van der Waals surface area contributed by atoms with Crippen molar-refractivity contribution in [3.05, 3.63) is 23.8 Å². The molecule has 0 saturated carbocycles. The molecule has 2 aliphatic rings. The number of quaternary nitrogens is 1. The van der Waals surface area contributed by atoms with Crippen molar-refractivity contribution >= 4 is 15.7 Å². The highest BCUT2D eigenvalue weighted by atomic mass is 32.2. The Morgan fingerprint density at radius 3 is 2.58 bits per heavy atom. The van der Waals surface area contributed by atoms with E-state index in [0.717, 1.165) is 19.5 Å². The molecule has 1 atom stereocenters. The maximum Gasteiger partial charge on any atom is 0.254 e. The number of carbonyl (C=O) groups is 1. The number of benzene rings is 1. The van der Waals surface area contributed by atoms with Crippen LogP contribution in [0.5, 0.6) is 11.5 Å². The third-order valence-electron chi connectivity index (χ3n) is 5.21. The fourth-order valence-electron chi connectivity index (χ4n) is 3.78. The fourth-order valence-corrected chi connectivity index (χ4v) is 5.61. The predicted octanol–water partition coefficient (Wildman–Crippen LogP) is -0.378. The van der Waals surface area contributed by atoms with Gasteiger partial charge in [0.2, 0.25) is 0 Å². The molecule has 1 aromatic rings. The van der Waals surface area contributed by atoms with E-state index < -0.39 is 9.84 Å². The van der Waals surface area contributed by atoms with Crippen LogP contribution < -0.4 is 14.4 Å². The van der Waals surface area contributed by atoms with Crippen molar-refractivity contribution in [3.63, 3.8) is 0 Å². The lowest BCUT2D eigenvalue weighted by atomic mass is 10.1. The SMILES string of the molecule is CCOc1ccc(C(=O)N2CC[NH+]([C@H]3CCS(=O)(=O)C3)CC2)cc1OC. The molecule has 144 valence electrons. The molecule has 1 N–H and O–H groups in total. The van der Waals surface area contributed by atoms with E-state index in [9.17, 15) is 13.2 Å². The van der Waals surface area contributed by atoms with Crippen molar-refractivity contribution in [2.24, 2.45) is 0 Å². The maximum absolute atomic E-state index is 12.8. The van der Waals surface area contributed by atoms with Crippen molar-refractivity contribution < 1.29 is 27.6 Å². The molecule has 2 fully saturated rings. The molecule has 2 aliphatic heterocycles. The zero-order chi connectivity index (χ0) is 18.7. The quantitative estimate of drug-likeness (QED) is 0.750. The van der Waals surface area contributed by atoms with Crippen LogP contribution in [-0.4, -0.2) is 76.7 Å². The summed E-state index contributed by atoms with van der Waals surface area (Å²) in [5.74, 6) is 1.74. The van der Waals surface area contributed by atoms with Gasteiger partial charge in [-0.1, -0.05) is 0 Å². The topological polar surface area (TPSA) is 77.4 Å². The number of amides is 1. The van der Waals surface area contributed by atoms with Crippen molar-refractivity contribution in [2.45, 2.75) is 19.4 Å². The fraction of sp³-hybridized carbons (Fsp3) is 0.611. The number of hydrogen-bond donors (Lipinski definition) is 1. The number of ether oxygens (including phenoxy) is 2. The molecule has 0 aromatic heterocycles. The summed E-state index contributed by atoms with van der Waals surface area (Å²) in [7, 11) is -1.30. The van der Waals surface area contributed by atoms with Gasteiger partial charge in [0.05, 0.1) is 45.6 Å². The normalized spacial score (nSPS) is 23.0. The molecule has 0 aliphatic carbocycles. The second-order valence-corrected chi connectivity index (χ2v) is 9.08. The lowest BCUT2D eigenvalue weighted by molar-refractivity contribution is -0.925. The highest BCUT2D eigenvalue weighted by molar-refractivity contribution is 7.91. The number of sulfone groups is 1. The van der Waals surface area contributed by atoms with E-state index in [1.54, 1.807) is 25.3 Å². The Morgan fingerprint density at radius 2 is 2.00 bits per heavy atom. The number of rotatable bonds is 5. The molecular weight excluding hydrogens is 356 g/mol. The molecule has 2 saturated heterocycles. The summed E-state index contributed by atoms with van der Waals surface area (Å²) in [5, 5.41) is 0. The van der Waals surface area contributed by atoms with E-state index in [1.165, 1.54) is 4.90 Å². The van der Waals surface area contributed by atoms with E-state index in [2.05, 4.69) is 0 Å². The minimum Gasteiger partial charge on any atom is -0.493 e. The minimum absolute atomic E-state index is 0.0237. The summed E-state index contributed by atoms with van der Waals surface area (Å²) in [6.45, 7) is 5.29. The standard InChI is InChI=1S/C18H26N2O5S/c1-3-25-16-5-4-14(12-17(16)24-2)18(21)20-9-7-19(8-10-20)15-6-11-26(22,23)13-15/h4-5,12,15H,3,6-11,13H2,1-2H3/p+1/t15-/m0/s1. The number of hydrogen-bond acceptors (Lipinski definition) is 5. The summed E-state index contributed by atoms with van der Waals surface area (Å²) in [6, 6.07) is 5.43. The van der Waals surface area contributed by atoms with Gasteiger partial charge in [-0.25, -0.2) is 8.42 Å². The van der Waals surface area contributed by atoms with Crippen LogP contribution >= 0.6 is 0 Å². The molecule has 1 amide bonds. The van der Waals surface area contributed by atoms with Crippen LogP contribution in [0.2, 0.25) is 0 Å². The van der Waals surface area contributed by atoms with E-state index in [-0.39, 0.29) is 17.7 Å². The molecular formula is C18H27N2O5S+. The van der Waals surface area contributed by atoms with Crippen molar-refractivity contribution in [3.8, 4) is 11.5 Å². The highest BCUT2D eigenvalue weighted by Gasteiger charge is 2.37. The summed E-state index contributed by atoms with van der Waals surface area (Å²) >= 11 is 0. The van der Waals surface area contributed by atoms with Gasteiger partial charge < -0.3 is 19.3 Å². The molecule has 7 nitrogen and oxygen atoms in total. The number of carbonyl (C=O) groups excluding carboxylic acids is 1. The Bertz CT molecular complexity index is 757. The largest absolute Gasteiger partial charge is 0.493 e. The molecule has 3 rings (SSSR count). The Hall–Kier alpha value is -1.80. The second kappa shape index (κ2) is 7.84. The van der Waals surface area contributed by atoms with E-state index in [1.807, 2.05) is 11.8 Å². The molecule has 8 heteroatoms. The number of nitrogens with one attached hydrogen (secondary N) is 1. The lowest BCUT2D eigenvalue weighted by Crippen LogP contribution is -3.18. The molecule has 0 radical (unpaired) electrons. The minimum atomic E-state index is -2.86. The zero-order valence-corrected chi connectivity index (χ0v) is 16.2. The van der Waals surface area contributed by atoms with Crippen LogP contribution in [-0.2, 0) is 9.84 Å². The smallest absolute Gasteiger partial charge is 0.254 e. The van der Waals surface area contributed by atoms with Crippen LogP contribution in [0, 0.1) is 0 Å². The molecule has 0 spiro atoms. The summed E-state index contributed by atoms with van der Waals surface area (Å²) in [5.41, 5.74) is 0.581. The maximum atomic E-state index is 12.8. The Morgan fingerprint density at radius 1 is 1.27 bits per heavy atom. The molecule has 0 bridgehead atoms. The lowest BCUT2D eigenvalue weighted by Gasteiger charge is -2.35. The molecule has 1 aromatic carbocycles. The van der Waals surface area contributed by atoms with E-state index in [0.29, 0.717) is 42.5 Å². The summed E-state index contributed by atoms with van der Waals surface area (Å²) in [6.07, 6.45) is 0.738. The van der Waals surface area contributed by atoms with Gasteiger partial charge in [-0.15, -0.1) is 0 Å². The number of piperazine rings is 1. The summed E-state index contributed by atoms with van der Waals surface area (Å²) in [4.78, 5) is 15.9. The first-order chi connectivity index (χ1) is 12.4. The van der Waals surface area contributed by atoms with Crippen LogP contribution in [0.3, 0.4) is 0 Å². The van der Waals surface area contributed by atoms with Gasteiger partial charge in [-0.2, -0.15) is 0 Å². The average Bonchev–Trinajstić information content (AvgIpc) is 3.01. The van der Waals surface area contributed by atoms with Gasteiger partial charge in [-0.3, -0.25) is 4.79 Å². The van der Waals surface area contributed by atoms with Crippen LogP contribution in [0.1, 0.15) is 23.7 Å². The monoisotopic (exact) mass is 383 g/mol. The first-order valence-corrected chi connectivity index (χ1v) is 10.9. The molecule has 0 unspecified atom stereocenters. The van der Waals surface area contributed by atoms with Crippen LogP contribution in [0.4, 0.5) is 0 Å². The van der Waals surface area contributed by atoms with Gasteiger partial charge in [0.25, 0.3) is 5.91 Å². The third kappa shape index (κ3) is 4.12. The van der Waals surface area contributed by atoms with Crippen molar-refractivity contribution in [1.29, 1.82) is 0 Å². The Labute approximate surface area is 154 Å². The Kier molecular flexibility index (Phi) is 5.72. The Balaban J connectivity index is 1.62. The predicted molar refractivity (Wildman–Crippen MR) is 97.8 cm³/mol. The second-order valence-electron chi connectivity index (χ2n) is 6.85. The van der Waals surface area contributed by atoms with E-state index in [4.69, 9.17) is 9.47 Å². The van der Waals surface area contributed by atoms with Gasteiger partial charge >= 0.3 is 0 Å². The summed E-state index contributed by atoms with van der Waals surface area (Å²) < 4.78 is 34.2. The van der Waals surface area contributed by atoms with E-state index >= 15 is 0 Å². The third-order valence-corrected chi connectivity index (χ3v) is 6.98. The van der Waals surface area contributed by atoms with Crippen LogP contribution in [0.15, 0.2) is 18.2 Å². The number of nitrogens with zero attached hydrogens (tertiary/aromatic N) is 1. The molecule has 26 heavy (non-hydrogen) atoms. The first kappa shape index (κ1) is 19.0. The number of methoxy groups -OCH3 is 1. The van der Waals surface area contributed by atoms with Crippen molar-refractivity contribution in [1.82, 2.24) is 4.90 Å². The van der Waals surface area contributed by atoms with Crippen LogP contribution in [0.25, 0.3) is 0 Å². The highest BCUT2D eigenvalue weighted by Crippen LogP contribution is 2.28. The van der Waals surface area contributed by atoms with Crippen molar-refractivity contribution in [2.75, 3.05) is 51.4 Å². The average molecular weight is 383 g/mol. The van der Waals surface area contributed by atoms with Gasteiger partial charge in [0.15, 0.2) is 21.3 Å².